The molecule has 1 atom stereocenters. The lowest BCUT2D eigenvalue weighted by molar-refractivity contribution is -0.115. The van der Waals surface area contributed by atoms with Crippen molar-refractivity contribution in [3.05, 3.63) is 76.5 Å². The molecule has 0 spiro atoms. The second kappa shape index (κ2) is 8.11. The van der Waals surface area contributed by atoms with E-state index in [1.54, 1.807) is 30.7 Å². The number of H-pyrrole nitrogens is 1. The number of carbonyl (C=O) groups is 1. The normalized spacial score (nSPS) is 12.1. The van der Waals surface area contributed by atoms with Crippen LogP contribution in [0.1, 0.15) is 12.5 Å². The number of benzene rings is 2. The summed E-state index contributed by atoms with van der Waals surface area (Å²) in [6.07, 6.45) is 1.46. The van der Waals surface area contributed by atoms with Gasteiger partial charge in [-0.05, 0) is 43.7 Å². The lowest BCUT2D eigenvalue weighted by Crippen LogP contribution is -2.23. The Morgan fingerprint density at radius 1 is 1.23 bits per heavy atom. The highest BCUT2D eigenvalue weighted by atomic mass is 32.2. The van der Waals surface area contributed by atoms with Crippen LogP contribution in [0.2, 0.25) is 0 Å². The van der Waals surface area contributed by atoms with Crippen LogP contribution in [0.5, 0.6) is 0 Å². The van der Waals surface area contributed by atoms with Crippen molar-refractivity contribution >= 4 is 34.4 Å². The summed E-state index contributed by atoms with van der Waals surface area (Å²) in [5.74, 6) is -0.721. The van der Waals surface area contributed by atoms with Crippen molar-refractivity contribution < 1.29 is 9.18 Å². The van der Waals surface area contributed by atoms with Crippen LogP contribution in [0.3, 0.4) is 0 Å². The molecule has 0 aliphatic carbocycles. The number of amides is 1. The van der Waals surface area contributed by atoms with Crippen molar-refractivity contribution in [2.45, 2.75) is 24.3 Å². The second-order valence-electron chi connectivity index (χ2n) is 6.71. The smallest absolute Gasteiger partial charge is 0.262 e. The van der Waals surface area contributed by atoms with Gasteiger partial charge in [0.2, 0.25) is 5.91 Å². The summed E-state index contributed by atoms with van der Waals surface area (Å²) in [5.41, 5.74) is 1.71. The Bertz CT molecular complexity index is 1290. The predicted molar refractivity (Wildman–Crippen MR) is 115 cm³/mol. The van der Waals surface area contributed by atoms with Crippen LogP contribution in [0.4, 0.5) is 10.1 Å². The highest BCUT2D eigenvalue weighted by Crippen LogP contribution is 2.23. The van der Waals surface area contributed by atoms with E-state index in [1.165, 1.54) is 12.3 Å². The molecule has 2 heterocycles. The minimum atomic E-state index is -0.580. The molecule has 9 heteroatoms. The van der Waals surface area contributed by atoms with Gasteiger partial charge in [0, 0.05) is 5.69 Å². The number of aryl methyl sites for hydroxylation is 1. The lowest BCUT2D eigenvalue weighted by Gasteiger charge is -2.12. The fourth-order valence-corrected chi connectivity index (χ4v) is 3.64. The highest BCUT2D eigenvalue weighted by molar-refractivity contribution is 8.00. The Kier molecular flexibility index (Phi) is 5.37. The number of hydrogen-bond acceptors (Lipinski definition) is 5. The first-order valence-corrected chi connectivity index (χ1v) is 10.1. The number of carbonyl (C=O) groups excluding carboxylic acids is 1. The Hall–Kier alpha value is -3.46. The van der Waals surface area contributed by atoms with E-state index in [0.717, 1.165) is 17.4 Å². The average Bonchev–Trinajstić information content (AvgIpc) is 3.16. The number of hydrogen-bond donors (Lipinski definition) is 2. The third-order valence-corrected chi connectivity index (χ3v) is 5.50. The van der Waals surface area contributed by atoms with E-state index in [-0.39, 0.29) is 11.5 Å². The first kappa shape index (κ1) is 19.8. The topological polar surface area (TPSA) is 92.7 Å². The molecular weight excluding hydrogens is 405 g/mol. The van der Waals surface area contributed by atoms with Gasteiger partial charge in [-0.15, -0.1) is 0 Å². The third kappa shape index (κ3) is 3.97. The van der Waals surface area contributed by atoms with Crippen LogP contribution in [-0.4, -0.2) is 30.9 Å². The molecule has 2 aromatic heterocycles. The van der Waals surface area contributed by atoms with Crippen LogP contribution in [0, 0.1) is 12.7 Å². The van der Waals surface area contributed by atoms with Gasteiger partial charge < -0.3 is 10.3 Å². The Balaban J connectivity index is 1.57. The third-order valence-electron chi connectivity index (χ3n) is 4.51. The van der Waals surface area contributed by atoms with Gasteiger partial charge in [-0.2, -0.15) is 5.10 Å². The fraction of sp³-hybridized carbons (Fsp3) is 0.143. The maximum atomic E-state index is 13.7. The average molecular weight is 423 g/mol. The van der Waals surface area contributed by atoms with E-state index in [4.69, 9.17) is 0 Å². The maximum Gasteiger partial charge on any atom is 0.262 e. The predicted octanol–water partition coefficient (Wildman–Crippen LogP) is 3.68. The van der Waals surface area contributed by atoms with Crippen molar-refractivity contribution in [1.82, 2.24) is 19.7 Å². The molecule has 0 radical (unpaired) electrons. The Labute approximate surface area is 175 Å². The van der Waals surface area contributed by atoms with Crippen molar-refractivity contribution in [3.63, 3.8) is 0 Å². The van der Waals surface area contributed by atoms with Gasteiger partial charge in [-0.3, -0.25) is 9.59 Å². The summed E-state index contributed by atoms with van der Waals surface area (Å²) in [6.45, 7) is 3.33. The lowest BCUT2D eigenvalue weighted by atomic mass is 10.2. The molecular formula is C21H18FN5O2S. The summed E-state index contributed by atoms with van der Waals surface area (Å²) < 4.78 is 15.3. The number of para-hydroxylation sites is 1. The van der Waals surface area contributed by atoms with Gasteiger partial charge >= 0.3 is 0 Å². The molecule has 0 unspecified atom stereocenters. The van der Waals surface area contributed by atoms with E-state index >= 15 is 0 Å². The van der Waals surface area contributed by atoms with Gasteiger partial charge in [0.1, 0.15) is 11.2 Å². The largest absolute Gasteiger partial charge is 0.325 e. The summed E-state index contributed by atoms with van der Waals surface area (Å²) in [7, 11) is 0. The summed E-state index contributed by atoms with van der Waals surface area (Å²) >= 11 is 1.10. The molecule has 4 aromatic rings. The second-order valence-corrected chi connectivity index (χ2v) is 8.04. The molecule has 0 saturated carbocycles. The molecule has 0 aliphatic rings. The number of thioether (sulfide) groups is 1. The monoisotopic (exact) mass is 423 g/mol. The van der Waals surface area contributed by atoms with Crippen molar-refractivity contribution in [1.29, 1.82) is 0 Å². The number of aromatic nitrogens is 4. The van der Waals surface area contributed by atoms with Crippen molar-refractivity contribution in [2.75, 3.05) is 5.32 Å². The SMILES string of the molecule is Cc1ccc(NC(=O)[C@H](C)Sc2nc3c(cnn3-c3ccccc3)c(=O)[nH]2)cc1F. The van der Waals surface area contributed by atoms with Gasteiger partial charge in [0.25, 0.3) is 5.56 Å². The molecule has 2 N–H and O–H groups in total. The number of anilines is 1. The zero-order valence-corrected chi connectivity index (χ0v) is 17.0. The van der Waals surface area contributed by atoms with Gasteiger partial charge in [-0.25, -0.2) is 14.1 Å². The van der Waals surface area contributed by atoms with E-state index in [9.17, 15) is 14.0 Å². The summed E-state index contributed by atoms with van der Waals surface area (Å²) in [6, 6.07) is 13.8. The fourth-order valence-electron chi connectivity index (χ4n) is 2.85. The van der Waals surface area contributed by atoms with Gasteiger partial charge in [0.05, 0.1) is 17.1 Å². The molecule has 0 fully saturated rings. The minimum Gasteiger partial charge on any atom is -0.325 e. The van der Waals surface area contributed by atoms with E-state index in [1.807, 2.05) is 30.3 Å². The molecule has 152 valence electrons. The minimum absolute atomic E-state index is 0.294. The van der Waals surface area contributed by atoms with E-state index in [2.05, 4.69) is 20.4 Å². The molecule has 30 heavy (non-hydrogen) atoms. The number of aromatic amines is 1. The molecule has 4 rings (SSSR count). The van der Waals surface area contributed by atoms with Crippen LogP contribution in [-0.2, 0) is 4.79 Å². The zero-order chi connectivity index (χ0) is 21.3. The molecule has 0 bridgehead atoms. The molecule has 1 amide bonds. The van der Waals surface area contributed by atoms with E-state index in [0.29, 0.717) is 27.4 Å². The van der Waals surface area contributed by atoms with E-state index < -0.39 is 11.1 Å². The molecule has 7 nitrogen and oxygen atoms in total. The Morgan fingerprint density at radius 2 is 2.00 bits per heavy atom. The van der Waals surface area contributed by atoms with Crippen LogP contribution < -0.4 is 10.9 Å². The van der Waals surface area contributed by atoms with Gasteiger partial charge in [-0.1, -0.05) is 36.0 Å². The number of nitrogens with zero attached hydrogens (tertiary/aromatic N) is 3. The Morgan fingerprint density at radius 3 is 2.73 bits per heavy atom. The number of fused-ring (bicyclic) bond motifs is 1. The van der Waals surface area contributed by atoms with Gasteiger partial charge in [0.15, 0.2) is 10.8 Å². The van der Waals surface area contributed by atoms with Crippen LogP contribution in [0.25, 0.3) is 16.7 Å². The van der Waals surface area contributed by atoms with Crippen molar-refractivity contribution in [2.24, 2.45) is 0 Å². The number of nitrogens with one attached hydrogen (secondary N) is 2. The van der Waals surface area contributed by atoms with Crippen LogP contribution >= 0.6 is 11.8 Å². The maximum absolute atomic E-state index is 13.7. The molecule has 0 aliphatic heterocycles. The first-order valence-electron chi connectivity index (χ1n) is 9.19. The molecule has 2 aromatic carbocycles. The highest BCUT2D eigenvalue weighted by Gasteiger charge is 2.18. The quantitative estimate of drug-likeness (QED) is 0.377. The summed E-state index contributed by atoms with van der Waals surface area (Å²) in [4.78, 5) is 32.1. The first-order chi connectivity index (χ1) is 14.4. The van der Waals surface area contributed by atoms with Crippen LogP contribution in [0.15, 0.2) is 64.7 Å². The number of halogens is 1. The standard InChI is InChI=1S/C21H18FN5O2S/c1-12-8-9-14(10-17(12)22)24-19(28)13(2)30-21-25-18-16(20(29)26-21)11-23-27(18)15-6-4-3-5-7-15/h3-11,13H,1-2H3,(H,24,28)(H,25,26,29)/t13-/m0/s1. The molecule has 0 saturated heterocycles. The summed E-state index contributed by atoms with van der Waals surface area (Å²) in [5, 5.41) is 7.01. The zero-order valence-electron chi connectivity index (χ0n) is 16.2. The van der Waals surface area contributed by atoms with Crippen molar-refractivity contribution in [3.8, 4) is 5.69 Å². The number of rotatable bonds is 5.